The summed E-state index contributed by atoms with van der Waals surface area (Å²) in [5, 5.41) is 11.7. The first-order valence-corrected chi connectivity index (χ1v) is 15.5. The van der Waals surface area contributed by atoms with E-state index in [9.17, 15) is 5.11 Å². The van der Waals surface area contributed by atoms with Gasteiger partial charge >= 0.3 is 0 Å². The highest BCUT2D eigenvalue weighted by Crippen LogP contribution is 2.75. The maximum atomic E-state index is 11.7. The molecule has 1 N–H and O–H groups in total. The Morgan fingerprint density at radius 1 is 0.947 bits per heavy atom. The van der Waals surface area contributed by atoms with Crippen molar-refractivity contribution in [1.82, 2.24) is 0 Å². The molecule has 4 aliphatic rings. The van der Waals surface area contributed by atoms with Crippen LogP contribution in [0.4, 0.5) is 0 Å². The number of hydrogen-bond acceptors (Lipinski definition) is 5. The van der Waals surface area contributed by atoms with E-state index in [4.69, 9.17) is 18.9 Å². The zero-order chi connectivity index (χ0) is 27.9. The van der Waals surface area contributed by atoms with Gasteiger partial charge in [0.25, 0.3) is 0 Å². The summed E-state index contributed by atoms with van der Waals surface area (Å²) < 4.78 is 23.6. The van der Waals surface area contributed by atoms with E-state index in [1.807, 2.05) is 0 Å². The van der Waals surface area contributed by atoms with Gasteiger partial charge in [-0.15, -0.1) is 0 Å². The Kier molecular flexibility index (Phi) is 9.47. The predicted molar refractivity (Wildman–Crippen MR) is 152 cm³/mol. The van der Waals surface area contributed by atoms with Crippen LogP contribution in [0.1, 0.15) is 99.8 Å². The van der Waals surface area contributed by atoms with Crippen LogP contribution in [0.3, 0.4) is 0 Å². The van der Waals surface area contributed by atoms with Gasteiger partial charge in [-0.2, -0.15) is 0 Å². The molecular formula is C33H58O5. The van der Waals surface area contributed by atoms with E-state index in [1.165, 1.54) is 18.4 Å². The van der Waals surface area contributed by atoms with Crippen LogP contribution in [0.15, 0.2) is 11.6 Å². The molecule has 5 heteroatoms. The summed E-state index contributed by atoms with van der Waals surface area (Å²) in [5.41, 5.74) is 1.80. The van der Waals surface area contributed by atoms with Crippen molar-refractivity contribution in [2.24, 2.45) is 51.8 Å². The Balaban J connectivity index is 1.67. The van der Waals surface area contributed by atoms with Crippen LogP contribution in [0.25, 0.3) is 0 Å². The van der Waals surface area contributed by atoms with Crippen molar-refractivity contribution in [3.63, 3.8) is 0 Å². The molecule has 0 heterocycles. The highest BCUT2D eigenvalue weighted by atomic mass is 16.7. The molecule has 6 unspecified atom stereocenters. The molecule has 0 aromatic rings. The lowest BCUT2D eigenvalue weighted by Crippen LogP contribution is -2.66. The highest BCUT2D eigenvalue weighted by molar-refractivity contribution is 5.20. The molecule has 0 spiro atoms. The molecule has 4 fully saturated rings. The molecule has 5 nitrogen and oxygen atoms in total. The fourth-order valence-electron chi connectivity index (χ4n) is 10.7. The Morgan fingerprint density at radius 2 is 1.61 bits per heavy atom. The number of hydrogen-bond donors (Lipinski definition) is 1. The molecule has 0 amide bonds. The molecular weight excluding hydrogens is 476 g/mol. The van der Waals surface area contributed by atoms with Crippen LogP contribution in [0.5, 0.6) is 0 Å². The zero-order valence-electron chi connectivity index (χ0n) is 25.9. The van der Waals surface area contributed by atoms with E-state index in [1.54, 1.807) is 14.2 Å². The van der Waals surface area contributed by atoms with Crippen molar-refractivity contribution in [2.75, 3.05) is 27.8 Å². The lowest BCUT2D eigenvalue weighted by Gasteiger charge is -2.70. The van der Waals surface area contributed by atoms with Crippen molar-refractivity contribution in [3.05, 3.63) is 11.6 Å². The molecule has 38 heavy (non-hydrogen) atoms. The van der Waals surface area contributed by atoms with Crippen LogP contribution in [0, 0.1) is 51.8 Å². The van der Waals surface area contributed by atoms with E-state index in [-0.39, 0.29) is 34.6 Å². The van der Waals surface area contributed by atoms with Gasteiger partial charge in [-0.3, -0.25) is 0 Å². The second kappa shape index (κ2) is 11.8. The third-order valence-electron chi connectivity index (χ3n) is 12.6. The normalized spacial score (nSPS) is 47.1. The number of fused-ring (bicyclic) bond motifs is 5. The Hall–Kier alpha value is -0.460. The topological polar surface area (TPSA) is 57.2 Å². The van der Waals surface area contributed by atoms with E-state index < -0.39 is 0 Å². The van der Waals surface area contributed by atoms with Crippen molar-refractivity contribution in [2.45, 2.75) is 118 Å². The maximum Gasteiger partial charge on any atom is 0.146 e. The second-order valence-corrected chi connectivity index (χ2v) is 14.6. The molecule has 0 aromatic carbocycles. The molecule has 0 aromatic heterocycles. The fourth-order valence-corrected chi connectivity index (χ4v) is 10.7. The zero-order valence-corrected chi connectivity index (χ0v) is 25.9. The van der Waals surface area contributed by atoms with Gasteiger partial charge in [-0.05, 0) is 117 Å². The van der Waals surface area contributed by atoms with Gasteiger partial charge in [0, 0.05) is 14.2 Å². The van der Waals surface area contributed by atoms with Gasteiger partial charge in [0.1, 0.15) is 13.6 Å². The number of aliphatic hydroxyl groups is 1. The number of ether oxygens (including phenoxy) is 4. The summed E-state index contributed by atoms with van der Waals surface area (Å²) in [6, 6.07) is 0. The molecule has 4 saturated carbocycles. The van der Waals surface area contributed by atoms with Gasteiger partial charge in [-0.1, -0.05) is 46.3 Å². The van der Waals surface area contributed by atoms with Gasteiger partial charge in [-0.25, -0.2) is 0 Å². The SMILES string of the molecule is COCO[C@@H]1CC[C@@]2(C)C(CCC3(C)C2[C@H](OCOC)CC2C([C@@H](C)CCC=C(C)C)[C@@H](O)C[C@@]23C)C1C. The Morgan fingerprint density at radius 3 is 2.24 bits per heavy atom. The molecule has 0 radical (unpaired) electrons. The quantitative estimate of drug-likeness (QED) is 0.237. The van der Waals surface area contributed by atoms with Gasteiger partial charge < -0.3 is 24.1 Å². The molecule has 0 aliphatic heterocycles. The van der Waals surface area contributed by atoms with Gasteiger partial charge in [0.05, 0.1) is 18.3 Å². The van der Waals surface area contributed by atoms with Crippen LogP contribution in [-0.4, -0.2) is 51.2 Å². The van der Waals surface area contributed by atoms with Crippen molar-refractivity contribution >= 4 is 0 Å². The van der Waals surface area contributed by atoms with E-state index >= 15 is 0 Å². The van der Waals surface area contributed by atoms with Crippen molar-refractivity contribution < 1.29 is 24.1 Å². The first kappa shape index (κ1) is 30.5. The fraction of sp³-hybridized carbons (Fsp3) is 0.939. The monoisotopic (exact) mass is 534 g/mol. The molecule has 12 atom stereocenters. The average Bonchev–Trinajstić information content (AvgIpc) is 3.12. The van der Waals surface area contributed by atoms with Gasteiger partial charge in [0.15, 0.2) is 0 Å². The van der Waals surface area contributed by atoms with E-state index in [2.05, 4.69) is 54.5 Å². The number of aliphatic hydroxyl groups excluding tert-OH is 1. The Bertz CT molecular complexity index is 824. The standard InChI is InChI=1S/C33H58O5/c1-21(2)11-10-12-22(3)29-25-17-28(38-20-36-9)30-31(5)15-14-27(37-19-35-8)23(4)24(31)13-16-32(30,6)33(25,7)18-26(29)34/h11,22-30,34H,10,12-20H2,1-9H3/t22-,23?,24?,25?,26-,27+,28+,29?,30?,31-,32?,33-/m0/s1. The van der Waals surface area contributed by atoms with Crippen molar-refractivity contribution in [3.8, 4) is 0 Å². The maximum absolute atomic E-state index is 11.7. The summed E-state index contributed by atoms with van der Waals surface area (Å²) in [4.78, 5) is 0. The number of rotatable bonds is 10. The van der Waals surface area contributed by atoms with Crippen LogP contribution in [-0.2, 0) is 18.9 Å². The minimum atomic E-state index is -0.229. The molecule has 0 saturated heterocycles. The predicted octanol–water partition coefficient (Wildman–Crippen LogP) is 7.22. The smallest absolute Gasteiger partial charge is 0.146 e. The number of methoxy groups -OCH3 is 2. The third kappa shape index (κ3) is 5.06. The van der Waals surface area contributed by atoms with E-state index in [0.717, 1.165) is 38.5 Å². The molecule has 4 rings (SSSR count). The summed E-state index contributed by atoms with van der Waals surface area (Å²) in [7, 11) is 3.46. The lowest BCUT2D eigenvalue weighted by atomic mass is 9.36. The molecule has 0 bridgehead atoms. The first-order valence-electron chi connectivity index (χ1n) is 15.5. The minimum absolute atomic E-state index is 0.111. The summed E-state index contributed by atoms with van der Waals surface area (Å²) in [5.74, 6) is 2.86. The minimum Gasteiger partial charge on any atom is -0.393 e. The van der Waals surface area contributed by atoms with Crippen LogP contribution < -0.4 is 0 Å². The van der Waals surface area contributed by atoms with E-state index in [0.29, 0.717) is 49.1 Å². The van der Waals surface area contributed by atoms with Crippen LogP contribution >= 0.6 is 0 Å². The third-order valence-corrected chi connectivity index (χ3v) is 12.6. The van der Waals surface area contributed by atoms with Crippen LogP contribution in [0.2, 0.25) is 0 Å². The Labute approximate surface area is 233 Å². The molecule has 220 valence electrons. The average molecular weight is 535 g/mol. The van der Waals surface area contributed by atoms with Gasteiger partial charge in [0.2, 0.25) is 0 Å². The largest absolute Gasteiger partial charge is 0.393 e. The van der Waals surface area contributed by atoms with Crippen molar-refractivity contribution in [1.29, 1.82) is 0 Å². The first-order chi connectivity index (χ1) is 17.9. The highest BCUT2D eigenvalue weighted by Gasteiger charge is 2.71. The summed E-state index contributed by atoms with van der Waals surface area (Å²) in [6.07, 6.45) is 11.4. The summed E-state index contributed by atoms with van der Waals surface area (Å²) >= 11 is 0. The number of allylic oxidation sites excluding steroid dienone is 2. The summed E-state index contributed by atoms with van der Waals surface area (Å²) in [6.45, 7) is 17.6. The molecule has 4 aliphatic carbocycles. The second-order valence-electron chi connectivity index (χ2n) is 14.6. The lowest BCUT2D eigenvalue weighted by molar-refractivity contribution is -0.264.